The number of rotatable bonds is 8. The van der Waals surface area contributed by atoms with Gasteiger partial charge in [-0.2, -0.15) is 0 Å². The van der Waals surface area contributed by atoms with E-state index in [4.69, 9.17) is 21.1 Å². The summed E-state index contributed by atoms with van der Waals surface area (Å²) in [7, 11) is 2.11. The predicted octanol–water partition coefficient (Wildman–Crippen LogP) is 3.90. The highest BCUT2D eigenvalue weighted by Gasteiger charge is 2.18. The maximum atomic E-state index is 12.5. The Kier molecular flexibility index (Phi) is 7.61. The number of halogens is 1. The van der Waals surface area contributed by atoms with E-state index in [1.54, 1.807) is 18.2 Å². The van der Waals surface area contributed by atoms with Crippen LogP contribution in [0.2, 0.25) is 5.02 Å². The molecule has 3 rings (SSSR count). The topological polar surface area (TPSA) is 54.0 Å². The minimum Gasteiger partial charge on any atom is -0.494 e. The average molecular weight is 418 g/mol. The first-order chi connectivity index (χ1) is 14.0. The number of ether oxygens (including phenoxy) is 2. The summed E-state index contributed by atoms with van der Waals surface area (Å²) in [6.45, 7) is 6.44. The number of hydrogen-bond donors (Lipinski definition) is 1. The van der Waals surface area contributed by atoms with Crippen LogP contribution in [0, 0.1) is 0 Å². The van der Waals surface area contributed by atoms with Gasteiger partial charge in [-0.1, -0.05) is 18.5 Å². The van der Waals surface area contributed by atoms with Crippen LogP contribution in [0.4, 0.5) is 11.4 Å². The van der Waals surface area contributed by atoms with E-state index in [0.29, 0.717) is 23.1 Å². The Hall–Kier alpha value is -2.44. The van der Waals surface area contributed by atoms with Crippen molar-refractivity contribution in [3.63, 3.8) is 0 Å². The van der Waals surface area contributed by atoms with Crippen molar-refractivity contribution in [2.45, 2.75) is 13.3 Å². The molecule has 156 valence electrons. The first kappa shape index (κ1) is 21.3. The highest BCUT2D eigenvalue weighted by molar-refractivity contribution is 6.31. The summed E-state index contributed by atoms with van der Waals surface area (Å²) in [5, 5.41) is 3.53. The Morgan fingerprint density at radius 3 is 2.34 bits per heavy atom. The quantitative estimate of drug-likeness (QED) is 0.706. The molecular formula is C22H28ClN3O3. The van der Waals surface area contributed by atoms with Crippen LogP contribution in [0.1, 0.15) is 13.3 Å². The number of amides is 1. The SMILES string of the molecule is CCCOc1ccc(OCC(=O)Nc2cc(Cl)ccc2N2CCN(C)CC2)cc1. The molecule has 0 saturated carbocycles. The van der Waals surface area contributed by atoms with E-state index >= 15 is 0 Å². The second kappa shape index (κ2) is 10.4. The molecule has 1 aliphatic rings. The molecule has 1 amide bonds. The molecule has 1 aliphatic heterocycles. The number of benzene rings is 2. The molecule has 0 atom stereocenters. The molecule has 1 N–H and O–H groups in total. The molecule has 1 heterocycles. The van der Waals surface area contributed by atoms with E-state index in [1.807, 2.05) is 24.3 Å². The molecule has 7 heteroatoms. The number of carbonyl (C=O) groups is 1. The van der Waals surface area contributed by atoms with Crippen LogP contribution in [-0.2, 0) is 4.79 Å². The van der Waals surface area contributed by atoms with Gasteiger partial charge in [0.15, 0.2) is 6.61 Å². The zero-order valence-electron chi connectivity index (χ0n) is 17.0. The third-order valence-corrected chi connectivity index (χ3v) is 4.98. The molecule has 2 aromatic carbocycles. The van der Waals surface area contributed by atoms with Gasteiger partial charge in [0.2, 0.25) is 0 Å². The summed E-state index contributed by atoms with van der Waals surface area (Å²) in [5.41, 5.74) is 1.69. The lowest BCUT2D eigenvalue weighted by Gasteiger charge is -2.35. The molecule has 0 aliphatic carbocycles. The van der Waals surface area contributed by atoms with Gasteiger partial charge in [-0.05, 0) is 55.9 Å². The van der Waals surface area contributed by atoms with Crippen molar-refractivity contribution in [2.24, 2.45) is 0 Å². The summed E-state index contributed by atoms with van der Waals surface area (Å²) in [6.07, 6.45) is 0.956. The average Bonchev–Trinajstić information content (AvgIpc) is 2.72. The maximum Gasteiger partial charge on any atom is 0.262 e. The van der Waals surface area contributed by atoms with Crippen molar-refractivity contribution in [3.05, 3.63) is 47.5 Å². The fraction of sp³-hybridized carbons (Fsp3) is 0.409. The summed E-state index contributed by atoms with van der Waals surface area (Å²) in [6, 6.07) is 12.9. The molecular weight excluding hydrogens is 390 g/mol. The Bertz CT molecular complexity index is 805. The molecule has 29 heavy (non-hydrogen) atoms. The molecule has 0 radical (unpaired) electrons. The van der Waals surface area contributed by atoms with Gasteiger partial charge >= 0.3 is 0 Å². The lowest BCUT2D eigenvalue weighted by atomic mass is 10.2. The van der Waals surface area contributed by atoms with Gasteiger partial charge in [0.25, 0.3) is 5.91 Å². The fourth-order valence-corrected chi connectivity index (χ4v) is 3.29. The number of piperazine rings is 1. The van der Waals surface area contributed by atoms with Crippen LogP contribution in [-0.4, -0.2) is 57.2 Å². The molecule has 0 aromatic heterocycles. The second-order valence-corrected chi connectivity index (χ2v) is 7.54. The number of nitrogens with one attached hydrogen (secondary N) is 1. The Labute approximate surface area is 177 Å². The lowest BCUT2D eigenvalue weighted by molar-refractivity contribution is -0.118. The fourth-order valence-electron chi connectivity index (χ4n) is 3.12. The van der Waals surface area contributed by atoms with E-state index < -0.39 is 0 Å². The predicted molar refractivity (Wildman–Crippen MR) is 118 cm³/mol. The zero-order chi connectivity index (χ0) is 20.6. The molecule has 1 fully saturated rings. The summed E-state index contributed by atoms with van der Waals surface area (Å²) in [4.78, 5) is 17.0. The first-order valence-electron chi connectivity index (χ1n) is 9.93. The van der Waals surface area contributed by atoms with Gasteiger partial charge in [-0.25, -0.2) is 0 Å². The second-order valence-electron chi connectivity index (χ2n) is 7.11. The van der Waals surface area contributed by atoms with Crippen molar-refractivity contribution in [1.82, 2.24) is 4.90 Å². The third kappa shape index (κ3) is 6.27. The van der Waals surface area contributed by atoms with Crippen molar-refractivity contribution >= 4 is 28.9 Å². The Morgan fingerprint density at radius 1 is 1.03 bits per heavy atom. The van der Waals surface area contributed by atoms with Gasteiger partial charge in [0.05, 0.1) is 18.0 Å². The number of likely N-dealkylation sites (N-methyl/N-ethyl adjacent to an activating group) is 1. The van der Waals surface area contributed by atoms with Gasteiger partial charge in [0, 0.05) is 31.2 Å². The highest BCUT2D eigenvalue weighted by Crippen LogP contribution is 2.30. The van der Waals surface area contributed by atoms with Gasteiger partial charge < -0.3 is 24.6 Å². The van der Waals surface area contributed by atoms with E-state index in [0.717, 1.165) is 44.0 Å². The van der Waals surface area contributed by atoms with Crippen molar-refractivity contribution in [2.75, 3.05) is 56.7 Å². The molecule has 6 nitrogen and oxygen atoms in total. The highest BCUT2D eigenvalue weighted by atomic mass is 35.5. The molecule has 0 bridgehead atoms. The molecule has 0 spiro atoms. The third-order valence-electron chi connectivity index (χ3n) is 4.74. The molecule has 2 aromatic rings. The van der Waals surface area contributed by atoms with Crippen LogP contribution < -0.4 is 19.7 Å². The minimum absolute atomic E-state index is 0.0795. The van der Waals surface area contributed by atoms with Crippen LogP contribution in [0.3, 0.4) is 0 Å². The zero-order valence-corrected chi connectivity index (χ0v) is 17.7. The summed E-state index contributed by atoms with van der Waals surface area (Å²) >= 11 is 6.17. The van der Waals surface area contributed by atoms with E-state index in [-0.39, 0.29) is 12.5 Å². The van der Waals surface area contributed by atoms with Crippen LogP contribution >= 0.6 is 11.6 Å². The van der Waals surface area contributed by atoms with Crippen LogP contribution in [0.5, 0.6) is 11.5 Å². The van der Waals surface area contributed by atoms with Gasteiger partial charge in [-0.3, -0.25) is 4.79 Å². The van der Waals surface area contributed by atoms with E-state index in [9.17, 15) is 4.79 Å². The number of hydrogen-bond acceptors (Lipinski definition) is 5. The van der Waals surface area contributed by atoms with E-state index in [1.165, 1.54) is 0 Å². The maximum absolute atomic E-state index is 12.5. The standard InChI is InChI=1S/C22H28ClN3O3/c1-3-14-28-18-5-7-19(8-6-18)29-16-22(27)24-20-15-17(23)4-9-21(20)26-12-10-25(2)11-13-26/h4-9,15H,3,10-14,16H2,1-2H3,(H,24,27). The van der Waals surface area contributed by atoms with Crippen LogP contribution in [0.15, 0.2) is 42.5 Å². The normalized spacial score (nSPS) is 14.5. The Morgan fingerprint density at radius 2 is 1.69 bits per heavy atom. The van der Waals surface area contributed by atoms with Crippen LogP contribution in [0.25, 0.3) is 0 Å². The smallest absolute Gasteiger partial charge is 0.262 e. The number of anilines is 2. The van der Waals surface area contributed by atoms with Crippen molar-refractivity contribution in [3.8, 4) is 11.5 Å². The summed E-state index contributed by atoms with van der Waals surface area (Å²) < 4.78 is 11.2. The largest absolute Gasteiger partial charge is 0.494 e. The van der Waals surface area contributed by atoms with E-state index in [2.05, 4.69) is 29.1 Å². The number of nitrogens with zero attached hydrogens (tertiary/aromatic N) is 2. The Balaban J connectivity index is 1.58. The first-order valence-corrected chi connectivity index (χ1v) is 10.3. The molecule has 1 saturated heterocycles. The summed E-state index contributed by atoms with van der Waals surface area (Å²) in [5.74, 6) is 1.18. The van der Waals surface area contributed by atoms with Gasteiger partial charge in [0.1, 0.15) is 11.5 Å². The van der Waals surface area contributed by atoms with Crippen molar-refractivity contribution < 1.29 is 14.3 Å². The molecule has 0 unspecified atom stereocenters. The van der Waals surface area contributed by atoms with Gasteiger partial charge in [-0.15, -0.1) is 0 Å². The lowest BCUT2D eigenvalue weighted by Crippen LogP contribution is -2.44. The monoisotopic (exact) mass is 417 g/mol. The van der Waals surface area contributed by atoms with Crippen molar-refractivity contribution in [1.29, 1.82) is 0 Å². The minimum atomic E-state index is -0.228. The number of carbonyl (C=O) groups excluding carboxylic acids is 1.